The van der Waals surface area contributed by atoms with Crippen molar-refractivity contribution in [3.05, 3.63) is 40.9 Å². The maximum absolute atomic E-state index is 13.2. The second-order valence-corrected chi connectivity index (χ2v) is 9.56. The van der Waals surface area contributed by atoms with E-state index in [-0.39, 0.29) is 16.8 Å². The second-order valence-electron chi connectivity index (χ2n) is 8.25. The van der Waals surface area contributed by atoms with Crippen LogP contribution in [0.25, 0.3) is 11.6 Å². The van der Waals surface area contributed by atoms with Crippen LogP contribution in [-0.4, -0.2) is 36.6 Å². The molecule has 0 bridgehead atoms. The molecule has 0 spiro atoms. The third kappa shape index (κ3) is 4.13. The first-order chi connectivity index (χ1) is 14.9. The van der Waals surface area contributed by atoms with Gasteiger partial charge in [-0.15, -0.1) is 10.2 Å². The molecule has 0 amide bonds. The van der Waals surface area contributed by atoms with Crippen molar-refractivity contribution in [2.24, 2.45) is 0 Å². The topological polar surface area (TPSA) is 93.8 Å². The van der Waals surface area contributed by atoms with Gasteiger partial charge in [-0.25, -0.2) is 0 Å². The van der Waals surface area contributed by atoms with Gasteiger partial charge in [0.1, 0.15) is 0 Å². The Morgan fingerprint density at radius 1 is 1.23 bits per heavy atom. The number of thioether (sulfide) groups is 1. The minimum absolute atomic E-state index is 0.0364. The van der Waals surface area contributed by atoms with Crippen LogP contribution in [0.5, 0.6) is 0 Å². The van der Waals surface area contributed by atoms with E-state index in [2.05, 4.69) is 19.7 Å². The van der Waals surface area contributed by atoms with Gasteiger partial charge in [-0.1, -0.05) is 31.0 Å². The fourth-order valence-corrected chi connectivity index (χ4v) is 5.52. The molecular weight excluding hydrogens is 412 g/mol. The molecule has 164 valence electrons. The van der Waals surface area contributed by atoms with Gasteiger partial charge in [0.2, 0.25) is 5.82 Å². The fourth-order valence-electron chi connectivity index (χ4n) is 4.54. The molecule has 0 saturated heterocycles. The number of carbonyl (C=O) groups excluding carboxylic acids is 2. The average molecular weight is 441 g/mol. The van der Waals surface area contributed by atoms with Crippen LogP contribution in [0.3, 0.4) is 0 Å². The zero-order valence-electron chi connectivity index (χ0n) is 18.4. The lowest BCUT2D eigenvalue weighted by molar-refractivity contribution is 0.0988. The van der Waals surface area contributed by atoms with E-state index in [1.54, 1.807) is 6.26 Å². The molecule has 1 saturated carbocycles. The maximum atomic E-state index is 13.2. The number of ketones is 2. The molecule has 3 heterocycles. The molecule has 3 aromatic rings. The molecule has 0 aliphatic heterocycles. The van der Waals surface area contributed by atoms with Crippen LogP contribution in [-0.2, 0) is 0 Å². The summed E-state index contributed by atoms with van der Waals surface area (Å²) in [5, 5.41) is 9.20. The quantitative estimate of drug-likeness (QED) is 0.382. The number of Topliss-reactive ketones (excluding diaryl/α,β-unsaturated/α-hetero) is 2. The molecule has 0 unspecified atom stereocenters. The summed E-state index contributed by atoms with van der Waals surface area (Å²) in [5.74, 6) is 1.32. The minimum atomic E-state index is -0.382. The number of nitrogens with zero attached hydrogens (tertiary/aromatic N) is 3. The van der Waals surface area contributed by atoms with Gasteiger partial charge in [0.05, 0.1) is 17.2 Å². The van der Waals surface area contributed by atoms with Crippen LogP contribution in [0.2, 0.25) is 0 Å². The third-order valence-electron chi connectivity index (χ3n) is 6.03. The van der Waals surface area contributed by atoms with Gasteiger partial charge >= 0.3 is 0 Å². The molecule has 4 rings (SSSR count). The Morgan fingerprint density at radius 2 is 1.97 bits per heavy atom. The molecule has 3 aromatic heterocycles. The highest BCUT2D eigenvalue weighted by atomic mass is 32.2. The number of rotatable bonds is 7. The smallest absolute Gasteiger partial charge is 0.200 e. The first kappa shape index (κ1) is 21.6. The van der Waals surface area contributed by atoms with Gasteiger partial charge in [0, 0.05) is 17.3 Å². The van der Waals surface area contributed by atoms with E-state index < -0.39 is 0 Å². The molecule has 1 N–H and O–H groups in total. The van der Waals surface area contributed by atoms with E-state index >= 15 is 0 Å². The molecule has 1 aliphatic carbocycles. The van der Waals surface area contributed by atoms with E-state index in [0.717, 1.165) is 23.7 Å². The highest BCUT2D eigenvalue weighted by Gasteiger charge is 2.29. The summed E-state index contributed by atoms with van der Waals surface area (Å²) < 4.78 is 7.76. The standard InChI is InChI=1S/C23H28N4O3S/c1-13-19(15(3)28)14(2)24-20(13)21(29)16(4)31-23-26-25-22(18-11-8-12-30-18)27(23)17-9-6-5-7-10-17/h8,11-12,16-17,24H,5-7,9-10H2,1-4H3/t16-/m0/s1. The number of H-pyrrole nitrogens is 1. The van der Waals surface area contributed by atoms with E-state index in [4.69, 9.17) is 4.42 Å². The molecule has 1 atom stereocenters. The van der Waals surface area contributed by atoms with Gasteiger partial charge in [0.15, 0.2) is 22.5 Å². The van der Waals surface area contributed by atoms with Crippen LogP contribution < -0.4 is 0 Å². The zero-order valence-corrected chi connectivity index (χ0v) is 19.2. The predicted octanol–water partition coefficient (Wildman–Crippen LogP) is 5.55. The number of hydrogen-bond acceptors (Lipinski definition) is 6. The van der Waals surface area contributed by atoms with Crippen LogP contribution >= 0.6 is 11.8 Å². The minimum Gasteiger partial charge on any atom is -0.461 e. The summed E-state index contributed by atoms with van der Waals surface area (Å²) in [6.45, 7) is 7.05. The lowest BCUT2D eigenvalue weighted by Crippen LogP contribution is -2.19. The van der Waals surface area contributed by atoms with E-state index in [1.807, 2.05) is 32.9 Å². The van der Waals surface area contributed by atoms with Gasteiger partial charge in [-0.2, -0.15) is 0 Å². The van der Waals surface area contributed by atoms with Crippen molar-refractivity contribution in [1.29, 1.82) is 0 Å². The van der Waals surface area contributed by atoms with E-state index in [0.29, 0.717) is 34.4 Å². The zero-order chi connectivity index (χ0) is 22.1. The summed E-state index contributed by atoms with van der Waals surface area (Å²) in [6, 6.07) is 4.03. The first-order valence-electron chi connectivity index (χ1n) is 10.8. The molecule has 1 fully saturated rings. The number of hydrogen-bond donors (Lipinski definition) is 1. The van der Waals surface area contributed by atoms with Crippen LogP contribution in [0, 0.1) is 13.8 Å². The molecule has 1 aliphatic rings. The van der Waals surface area contributed by atoms with Crippen molar-refractivity contribution in [2.45, 2.75) is 76.2 Å². The number of nitrogens with one attached hydrogen (secondary N) is 1. The van der Waals surface area contributed by atoms with Crippen LogP contribution in [0.4, 0.5) is 0 Å². The van der Waals surface area contributed by atoms with Gasteiger partial charge in [-0.3, -0.25) is 14.2 Å². The molecule has 31 heavy (non-hydrogen) atoms. The highest BCUT2D eigenvalue weighted by Crippen LogP contribution is 2.37. The Labute approximate surface area is 186 Å². The monoisotopic (exact) mass is 440 g/mol. The Kier molecular flexibility index (Phi) is 6.18. The summed E-state index contributed by atoms with van der Waals surface area (Å²) >= 11 is 1.41. The van der Waals surface area contributed by atoms with Crippen molar-refractivity contribution < 1.29 is 14.0 Å². The fraction of sp³-hybridized carbons (Fsp3) is 0.478. The van der Waals surface area contributed by atoms with Crippen molar-refractivity contribution in [3.8, 4) is 11.6 Å². The first-order valence-corrected chi connectivity index (χ1v) is 11.7. The number of aryl methyl sites for hydroxylation is 1. The van der Waals surface area contributed by atoms with E-state index in [1.165, 1.54) is 37.9 Å². The Hall–Kier alpha value is -2.61. The second kappa shape index (κ2) is 8.86. The number of aromatic amines is 1. The van der Waals surface area contributed by atoms with Crippen LogP contribution in [0.1, 0.15) is 84.1 Å². The van der Waals surface area contributed by atoms with Gasteiger partial charge in [0.25, 0.3) is 0 Å². The third-order valence-corrected chi connectivity index (χ3v) is 7.09. The normalized spacial score (nSPS) is 15.9. The van der Waals surface area contributed by atoms with Gasteiger partial charge in [-0.05, 0) is 58.2 Å². The molecule has 0 aromatic carbocycles. The number of aromatic nitrogens is 4. The summed E-state index contributed by atoms with van der Waals surface area (Å²) in [7, 11) is 0. The summed E-state index contributed by atoms with van der Waals surface area (Å²) in [5.41, 5.74) is 2.55. The maximum Gasteiger partial charge on any atom is 0.200 e. The summed E-state index contributed by atoms with van der Waals surface area (Å²) in [6.07, 6.45) is 7.37. The van der Waals surface area contributed by atoms with Crippen molar-refractivity contribution in [3.63, 3.8) is 0 Å². The number of carbonyl (C=O) groups is 2. The lowest BCUT2D eigenvalue weighted by atomic mass is 9.95. The SMILES string of the molecule is CC(=O)c1c(C)[nH]c(C(=O)[C@H](C)Sc2nnc(-c3ccco3)n2C2CCCCC2)c1C. The Morgan fingerprint density at radius 3 is 2.58 bits per heavy atom. The molecule has 7 nitrogen and oxygen atoms in total. The Bertz CT molecular complexity index is 1090. The van der Waals surface area contributed by atoms with Gasteiger partial charge < -0.3 is 9.40 Å². The van der Waals surface area contributed by atoms with Crippen LogP contribution in [0.15, 0.2) is 28.0 Å². The summed E-state index contributed by atoms with van der Waals surface area (Å²) in [4.78, 5) is 28.3. The van der Waals surface area contributed by atoms with Crippen molar-refractivity contribution >= 4 is 23.3 Å². The van der Waals surface area contributed by atoms with E-state index in [9.17, 15) is 9.59 Å². The highest BCUT2D eigenvalue weighted by molar-refractivity contribution is 8.00. The Balaban J connectivity index is 1.64. The molecule has 8 heteroatoms. The predicted molar refractivity (Wildman–Crippen MR) is 120 cm³/mol. The molecular formula is C23H28N4O3S. The molecule has 0 radical (unpaired) electrons. The average Bonchev–Trinajstić information content (AvgIpc) is 3.47. The number of furan rings is 1. The lowest BCUT2D eigenvalue weighted by Gasteiger charge is -2.25. The van der Waals surface area contributed by atoms with Crippen molar-refractivity contribution in [2.75, 3.05) is 0 Å². The van der Waals surface area contributed by atoms with Crippen molar-refractivity contribution in [1.82, 2.24) is 19.7 Å². The largest absolute Gasteiger partial charge is 0.461 e.